The van der Waals surface area contributed by atoms with Crippen molar-refractivity contribution in [2.24, 2.45) is 0 Å². The molecule has 0 bridgehead atoms. The van der Waals surface area contributed by atoms with E-state index in [4.69, 9.17) is 9.15 Å². The highest BCUT2D eigenvalue weighted by atomic mass is 16.5. The molecule has 0 spiro atoms. The number of unbranched alkanes of at least 4 members (excludes halogenated alkanes) is 3. The normalized spacial score (nSPS) is 15.0. The molecule has 4 aromatic rings. The lowest BCUT2D eigenvalue weighted by molar-refractivity contribution is 0.0970. The number of anilines is 1. The summed E-state index contributed by atoms with van der Waals surface area (Å²) in [4.78, 5) is 33.4. The minimum atomic E-state index is -0.647. The van der Waals surface area contributed by atoms with E-state index in [-0.39, 0.29) is 17.1 Å². The Labute approximate surface area is 204 Å². The highest BCUT2D eigenvalue weighted by Gasteiger charge is 2.44. The van der Waals surface area contributed by atoms with E-state index in [2.05, 4.69) is 11.9 Å². The lowest BCUT2D eigenvalue weighted by Gasteiger charge is -2.24. The molecule has 1 unspecified atom stereocenters. The van der Waals surface area contributed by atoms with E-state index in [1.54, 1.807) is 35.2 Å². The van der Waals surface area contributed by atoms with Crippen LogP contribution in [0.15, 0.2) is 75.9 Å². The number of aromatic nitrogens is 1. The fourth-order valence-corrected chi connectivity index (χ4v) is 4.60. The maximum atomic E-state index is 13.6. The van der Waals surface area contributed by atoms with Crippen molar-refractivity contribution in [3.05, 3.63) is 99.5 Å². The molecule has 0 radical (unpaired) electrons. The molecule has 1 aliphatic rings. The Balaban J connectivity index is 1.56. The maximum Gasteiger partial charge on any atom is 0.296 e. The third-order valence-corrected chi connectivity index (χ3v) is 6.36. The molecule has 0 saturated heterocycles. The number of fused-ring (bicyclic) bond motifs is 2. The number of hydrogen-bond acceptors (Lipinski definition) is 5. The van der Waals surface area contributed by atoms with Crippen LogP contribution in [0, 0.1) is 6.92 Å². The number of carbonyl (C=O) groups excluding carboxylic acids is 1. The first kappa shape index (κ1) is 22.8. The van der Waals surface area contributed by atoms with Crippen LogP contribution in [-0.4, -0.2) is 17.5 Å². The average Bonchev–Trinajstić information content (AvgIpc) is 3.17. The predicted molar refractivity (Wildman–Crippen MR) is 136 cm³/mol. The molecule has 5 rings (SSSR count). The van der Waals surface area contributed by atoms with Gasteiger partial charge in [0.25, 0.3) is 5.91 Å². The zero-order valence-corrected chi connectivity index (χ0v) is 20.0. The topological polar surface area (TPSA) is 72.6 Å². The van der Waals surface area contributed by atoms with Crippen LogP contribution >= 0.6 is 0 Å². The highest BCUT2D eigenvalue weighted by molar-refractivity contribution is 6.10. The predicted octanol–water partition coefficient (Wildman–Crippen LogP) is 6.21. The number of carbonyl (C=O) groups is 1. The molecule has 1 amide bonds. The van der Waals surface area contributed by atoms with Gasteiger partial charge in [-0.3, -0.25) is 14.5 Å². The van der Waals surface area contributed by atoms with Gasteiger partial charge in [0.1, 0.15) is 17.2 Å². The SMILES string of the molecule is CCCCCCOc1ccc(C2c3c(oc4ccccc4c3=O)C(=O)N2c2cccc(C)n2)cc1. The summed E-state index contributed by atoms with van der Waals surface area (Å²) < 4.78 is 11.9. The molecule has 1 atom stereocenters. The van der Waals surface area contributed by atoms with Gasteiger partial charge in [-0.05, 0) is 55.3 Å². The van der Waals surface area contributed by atoms with Crippen LogP contribution < -0.4 is 15.1 Å². The van der Waals surface area contributed by atoms with Crippen LogP contribution in [0.5, 0.6) is 5.75 Å². The van der Waals surface area contributed by atoms with Crippen molar-refractivity contribution >= 4 is 22.7 Å². The summed E-state index contributed by atoms with van der Waals surface area (Å²) in [6.07, 6.45) is 4.56. The van der Waals surface area contributed by atoms with Gasteiger partial charge in [0.05, 0.1) is 23.6 Å². The van der Waals surface area contributed by atoms with Crippen molar-refractivity contribution in [2.45, 2.75) is 45.6 Å². The van der Waals surface area contributed by atoms with E-state index in [0.717, 1.165) is 29.8 Å². The molecular formula is C29H28N2O4. The van der Waals surface area contributed by atoms with Crippen molar-refractivity contribution in [1.29, 1.82) is 0 Å². The molecule has 1 aliphatic heterocycles. The molecular weight excluding hydrogens is 440 g/mol. The van der Waals surface area contributed by atoms with Gasteiger partial charge in [0.2, 0.25) is 5.76 Å². The monoisotopic (exact) mass is 468 g/mol. The van der Waals surface area contributed by atoms with Crippen LogP contribution in [0.4, 0.5) is 5.82 Å². The number of amides is 1. The fraction of sp³-hybridized carbons (Fsp3) is 0.276. The minimum Gasteiger partial charge on any atom is -0.494 e. The van der Waals surface area contributed by atoms with Crippen molar-refractivity contribution in [1.82, 2.24) is 4.98 Å². The number of rotatable bonds is 8. The number of para-hydroxylation sites is 1. The van der Waals surface area contributed by atoms with Gasteiger partial charge < -0.3 is 9.15 Å². The number of aryl methyl sites for hydroxylation is 1. The van der Waals surface area contributed by atoms with Crippen LogP contribution in [0.3, 0.4) is 0 Å². The van der Waals surface area contributed by atoms with Gasteiger partial charge in [-0.1, -0.05) is 56.5 Å². The molecule has 2 aromatic heterocycles. The number of ether oxygens (including phenoxy) is 1. The van der Waals surface area contributed by atoms with Gasteiger partial charge in [-0.25, -0.2) is 4.98 Å². The van der Waals surface area contributed by atoms with E-state index in [1.807, 2.05) is 43.3 Å². The molecule has 0 N–H and O–H groups in total. The van der Waals surface area contributed by atoms with Gasteiger partial charge in [-0.2, -0.15) is 0 Å². The summed E-state index contributed by atoms with van der Waals surface area (Å²) in [5.41, 5.74) is 2.11. The van der Waals surface area contributed by atoms with Crippen molar-refractivity contribution in [3.8, 4) is 5.75 Å². The van der Waals surface area contributed by atoms with Gasteiger partial charge in [-0.15, -0.1) is 0 Å². The first-order valence-corrected chi connectivity index (χ1v) is 12.1. The van der Waals surface area contributed by atoms with E-state index < -0.39 is 6.04 Å². The summed E-state index contributed by atoms with van der Waals surface area (Å²) >= 11 is 0. The summed E-state index contributed by atoms with van der Waals surface area (Å²) in [6, 6.07) is 19.5. The maximum absolute atomic E-state index is 13.6. The molecule has 35 heavy (non-hydrogen) atoms. The zero-order valence-electron chi connectivity index (χ0n) is 20.0. The molecule has 0 fully saturated rings. The lowest BCUT2D eigenvalue weighted by atomic mass is 9.98. The van der Waals surface area contributed by atoms with Crippen LogP contribution in [0.25, 0.3) is 11.0 Å². The van der Waals surface area contributed by atoms with Crippen LogP contribution in [-0.2, 0) is 0 Å². The summed E-state index contributed by atoms with van der Waals surface area (Å²) in [5.74, 6) is 0.937. The Morgan fingerprint density at radius 3 is 2.51 bits per heavy atom. The number of benzene rings is 2. The van der Waals surface area contributed by atoms with Gasteiger partial charge >= 0.3 is 0 Å². The second-order valence-corrected chi connectivity index (χ2v) is 8.86. The smallest absolute Gasteiger partial charge is 0.296 e. The van der Waals surface area contributed by atoms with Crippen molar-refractivity contribution in [2.75, 3.05) is 11.5 Å². The fourth-order valence-electron chi connectivity index (χ4n) is 4.60. The second-order valence-electron chi connectivity index (χ2n) is 8.86. The second kappa shape index (κ2) is 9.74. The van der Waals surface area contributed by atoms with E-state index in [1.165, 1.54) is 12.8 Å². The molecule has 178 valence electrons. The lowest BCUT2D eigenvalue weighted by Crippen LogP contribution is -2.30. The standard InChI is InChI=1S/C29H28N2O4/c1-3-4-5-8-18-34-21-16-14-20(15-17-21)26-25-27(32)22-11-6-7-12-23(22)35-28(25)29(33)31(26)24-13-9-10-19(2)30-24/h6-7,9-17,26H,3-5,8,18H2,1-2H3. The zero-order chi connectivity index (χ0) is 24.4. The van der Waals surface area contributed by atoms with E-state index in [9.17, 15) is 9.59 Å². The Bertz CT molecular complexity index is 1430. The Morgan fingerprint density at radius 2 is 1.74 bits per heavy atom. The van der Waals surface area contributed by atoms with Crippen molar-refractivity contribution in [3.63, 3.8) is 0 Å². The Morgan fingerprint density at radius 1 is 0.943 bits per heavy atom. The number of hydrogen-bond donors (Lipinski definition) is 0. The Hall–Kier alpha value is -3.93. The first-order chi connectivity index (χ1) is 17.1. The molecule has 2 aromatic carbocycles. The van der Waals surface area contributed by atoms with Crippen LogP contribution in [0.2, 0.25) is 0 Å². The summed E-state index contributed by atoms with van der Waals surface area (Å²) in [6.45, 7) is 4.72. The quantitative estimate of drug-likeness (QED) is 0.288. The molecule has 6 nitrogen and oxygen atoms in total. The molecule has 6 heteroatoms. The third-order valence-electron chi connectivity index (χ3n) is 6.36. The molecule has 0 saturated carbocycles. The number of pyridine rings is 1. The number of nitrogens with zero attached hydrogens (tertiary/aromatic N) is 2. The van der Waals surface area contributed by atoms with Crippen LogP contribution in [0.1, 0.15) is 66.0 Å². The molecule has 3 heterocycles. The van der Waals surface area contributed by atoms with Crippen molar-refractivity contribution < 1.29 is 13.9 Å². The summed E-state index contributed by atoms with van der Waals surface area (Å²) in [5, 5.41) is 0.454. The first-order valence-electron chi connectivity index (χ1n) is 12.1. The highest BCUT2D eigenvalue weighted by Crippen LogP contribution is 2.40. The van der Waals surface area contributed by atoms with E-state index >= 15 is 0 Å². The third kappa shape index (κ3) is 4.32. The largest absolute Gasteiger partial charge is 0.494 e. The van der Waals surface area contributed by atoms with Gasteiger partial charge in [0, 0.05) is 5.69 Å². The Kier molecular flexibility index (Phi) is 6.36. The molecule has 0 aliphatic carbocycles. The minimum absolute atomic E-state index is 0.0678. The average molecular weight is 469 g/mol. The summed E-state index contributed by atoms with van der Waals surface area (Å²) in [7, 11) is 0. The van der Waals surface area contributed by atoms with Gasteiger partial charge in [0.15, 0.2) is 5.43 Å². The van der Waals surface area contributed by atoms with E-state index in [0.29, 0.717) is 29.0 Å².